The highest BCUT2D eigenvalue weighted by Gasteiger charge is 2.56. The van der Waals surface area contributed by atoms with E-state index in [2.05, 4.69) is 6.08 Å². The van der Waals surface area contributed by atoms with Gasteiger partial charge in [0.15, 0.2) is 0 Å². The van der Waals surface area contributed by atoms with Crippen LogP contribution in [0.25, 0.3) is 0 Å². The Morgan fingerprint density at radius 3 is 3.23 bits per heavy atom. The largest absolute Gasteiger partial charge is 0.495 e. The minimum Gasteiger partial charge on any atom is -0.495 e. The molecule has 2 saturated carbocycles. The molecule has 2 fully saturated rings. The third-order valence-electron chi connectivity index (χ3n) is 3.80. The lowest BCUT2D eigenvalue weighted by Gasteiger charge is -2.32. The van der Waals surface area contributed by atoms with Crippen molar-refractivity contribution in [1.29, 1.82) is 0 Å². The van der Waals surface area contributed by atoms with Gasteiger partial charge >= 0.3 is 0 Å². The first-order valence-electron chi connectivity index (χ1n) is 5.36. The highest BCUT2D eigenvalue weighted by Crippen LogP contribution is 2.57. The first-order chi connectivity index (χ1) is 6.31. The Bertz CT molecular complexity index is 259. The van der Waals surface area contributed by atoms with Crippen LogP contribution < -0.4 is 0 Å². The molecule has 3 atom stereocenters. The van der Waals surface area contributed by atoms with E-state index >= 15 is 0 Å². The minimum atomic E-state index is -0.570. The fourth-order valence-corrected chi connectivity index (χ4v) is 3.00. The summed E-state index contributed by atoms with van der Waals surface area (Å²) in [7, 11) is 0. The van der Waals surface area contributed by atoms with Crippen molar-refractivity contribution in [3.63, 3.8) is 0 Å². The first kappa shape index (κ1) is 7.86. The summed E-state index contributed by atoms with van der Waals surface area (Å²) < 4.78 is 5.50. The van der Waals surface area contributed by atoms with Gasteiger partial charge in [-0.05, 0) is 43.6 Å². The van der Waals surface area contributed by atoms with E-state index in [-0.39, 0.29) is 0 Å². The van der Waals surface area contributed by atoms with Crippen molar-refractivity contribution in [3.05, 3.63) is 11.8 Å². The van der Waals surface area contributed by atoms with E-state index in [9.17, 15) is 5.11 Å². The molecule has 2 aliphatic carbocycles. The van der Waals surface area contributed by atoms with Crippen LogP contribution in [0.15, 0.2) is 11.8 Å². The summed E-state index contributed by atoms with van der Waals surface area (Å²) in [5, 5.41) is 10.5. The maximum atomic E-state index is 10.5. The van der Waals surface area contributed by atoms with Gasteiger partial charge in [0, 0.05) is 6.42 Å². The summed E-state index contributed by atoms with van der Waals surface area (Å²) in [6.45, 7) is 0.773. The van der Waals surface area contributed by atoms with Crippen molar-refractivity contribution in [3.8, 4) is 0 Å². The van der Waals surface area contributed by atoms with Crippen LogP contribution in [-0.2, 0) is 4.74 Å². The molecule has 3 aliphatic rings. The maximum absolute atomic E-state index is 10.5. The number of rotatable bonds is 1. The predicted molar refractivity (Wildman–Crippen MR) is 49.0 cm³/mol. The molecule has 3 rings (SSSR count). The zero-order valence-corrected chi connectivity index (χ0v) is 7.83. The summed E-state index contributed by atoms with van der Waals surface area (Å²) in [4.78, 5) is 0. The molecule has 2 heteroatoms. The Labute approximate surface area is 78.6 Å². The molecular formula is C11H16O2. The van der Waals surface area contributed by atoms with E-state index in [1.54, 1.807) is 0 Å². The lowest BCUT2D eigenvalue weighted by Crippen LogP contribution is -2.37. The molecule has 0 bridgehead atoms. The second-order valence-corrected chi connectivity index (χ2v) is 4.62. The molecule has 0 amide bonds. The average molecular weight is 180 g/mol. The summed E-state index contributed by atoms with van der Waals surface area (Å²) in [6.07, 6.45) is 7.69. The molecule has 3 unspecified atom stereocenters. The van der Waals surface area contributed by atoms with Crippen LogP contribution in [0.3, 0.4) is 0 Å². The maximum Gasteiger partial charge on any atom is 0.124 e. The van der Waals surface area contributed by atoms with Crippen LogP contribution in [-0.4, -0.2) is 17.3 Å². The molecule has 2 nitrogen and oxygen atoms in total. The highest BCUT2D eigenvalue weighted by atomic mass is 16.5. The lowest BCUT2D eigenvalue weighted by molar-refractivity contribution is -0.0223. The van der Waals surface area contributed by atoms with Gasteiger partial charge in [-0.1, -0.05) is 0 Å². The van der Waals surface area contributed by atoms with Gasteiger partial charge in [-0.15, -0.1) is 0 Å². The molecule has 0 radical (unpaired) electrons. The quantitative estimate of drug-likeness (QED) is 0.667. The zero-order valence-electron chi connectivity index (χ0n) is 7.83. The molecule has 1 heterocycles. The Morgan fingerprint density at radius 2 is 2.46 bits per heavy atom. The van der Waals surface area contributed by atoms with Gasteiger partial charge in [-0.25, -0.2) is 0 Å². The Balaban J connectivity index is 1.86. The SMILES string of the molecule is OC1(C2=CCCO2)CCCC2CC21. The standard InChI is InChI=1S/C11H16O2/c12-11(10-4-2-6-13-10)5-1-3-8-7-9(8)11/h4,8-9,12H,1-3,5-7H2. The topological polar surface area (TPSA) is 29.5 Å². The second-order valence-electron chi connectivity index (χ2n) is 4.62. The van der Waals surface area contributed by atoms with E-state index < -0.39 is 5.60 Å². The van der Waals surface area contributed by atoms with Crippen molar-refractivity contribution in [2.75, 3.05) is 6.61 Å². The fraction of sp³-hybridized carbons (Fsp3) is 0.818. The third kappa shape index (κ3) is 1.05. The van der Waals surface area contributed by atoms with Crippen LogP contribution in [0.5, 0.6) is 0 Å². The van der Waals surface area contributed by atoms with Gasteiger partial charge in [0.1, 0.15) is 11.4 Å². The van der Waals surface area contributed by atoms with Crippen molar-refractivity contribution in [2.24, 2.45) is 11.8 Å². The predicted octanol–water partition coefficient (Wildman–Crippen LogP) is 1.84. The number of hydrogen-bond donors (Lipinski definition) is 1. The van der Waals surface area contributed by atoms with E-state index in [0.29, 0.717) is 5.92 Å². The average Bonchev–Trinajstić information content (AvgIpc) is 2.74. The molecule has 13 heavy (non-hydrogen) atoms. The van der Waals surface area contributed by atoms with Gasteiger partial charge in [0.2, 0.25) is 0 Å². The third-order valence-corrected chi connectivity index (χ3v) is 3.80. The molecule has 0 saturated heterocycles. The molecule has 0 aromatic carbocycles. The molecular weight excluding hydrogens is 164 g/mol. The first-order valence-corrected chi connectivity index (χ1v) is 5.36. The van der Waals surface area contributed by atoms with E-state index in [1.807, 2.05) is 0 Å². The molecule has 0 aromatic heterocycles. The smallest absolute Gasteiger partial charge is 0.124 e. The van der Waals surface area contributed by atoms with Crippen molar-refractivity contribution in [2.45, 2.75) is 37.7 Å². The normalized spacial score (nSPS) is 47.9. The Hall–Kier alpha value is -0.500. The molecule has 0 spiro atoms. The summed E-state index contributed by atoms with van der Waals surface area (Å²) in [6, 6.07) is 0. The number of aliphatic hydroxyl groups is 1. The summed E-state index contributed by atoms with van der Waals surface area (Å²) >= 11 is 0. The number of ether oxygens (including phenoxy) is 1. The van der Waals surface area contributed by atoms with Crippen molar-refractivity contribution in [1.82, 2.24) is 0 Å². The van der Waals surface area contributed by atoms with E-state index in [0.717, 1.165) is 31.1 Å². The summed E-state index contributed by atoms with van der Waals surface area (Å²) in [5.41, 5.74) is -0.570. The van der Waals surface area contributed by atoms with Crippen molar-refractivity contribution >= 4 is 0 Å². The fourth-order valence-electron chi connectivity index (χ4n) is 3.00. The Kier molecular flexibility index (Phi) is 1.51. The molecule has 1 N–H and O–H groups in total. The van der Waals surface area contributed by atoms with Crippen molar-refractivity contribution < 1.29 is 9.84 Å². The van der Waals surface area contributed by atoms with Gasteiger partial charge in [0.25, 0.3) is 0 Å². The monoisotopic (exact) mass is 180 g/mol. The lowest BCUT2D eigenvalue weighted by atomic mass is 9.83. The second kappa shape index (κ2) is 2.50. The zero-order chi connectivity index (χ0) is 8.89. The highest BCUT2D eigenvalue weighted by molar-refractivity contribution is 5.21. The van der Waals surface area contributed by atoms with E-state index in [1.165, 1.54) is 19.3 Å². The van der Waals surface area contributed by atoms with Gasteiger partial charge < -0.3 is 9.84 Å². The van der Waals surface area contributed by atoms with Crippen LogP contribution in [0, 0.1) is 11.8 Å². The van der Waals surface area contributed by atoms with Gasteiger partial charge in [-0.3, -0.25) is 0 Å². The number of fused-ring (bicyclic) bond motifs is 1. The summed E-state index contributed by atoms with van der Waals surface area (Å²) in [5.74, 6) is 2.20. The molecule has 72 valence electrons. The van der Waals surface area contributed by atoms with Crippen LogP contribution in [0.1, 0.15) is 32.1 Å². The number of hydrogen-bond acceptors (Lipinski definition) is 2. The van der Waals surface area contributed by atoms with Crippen LogP contribution in [0.4, 0.5) is 0 Å². The molecule has 1 aliphatic heterocycles. The Morgan fingerprint density at radius 1 is 1.54 bits per heavy atom. The van der Waals surface area contributed by atoms with E-state index in [4.69, 9.17) is 4.74 Å². The molecule has 0 aromatic rings. The van der Waals surface area contributed by atoms with Gasteiger partial charge in [0.05, 0.1) is 6.61 Å². The minimum absolute atomic E-state index is 0.519. The van der Waals surface area contributed by atoms with Crippen LogP contribution >= 0.6 is 0 Å². The van der Waals surface area contributed by atoms with Gasteiger partial charge in [-0.2, -0.15) is 0 Å². The van der Waals surface area contributed by atoms with Crippen LogP contribution in [0.2, 0.25) is 0 Å².